The minimum absolute atomic E-state index is 0.0394. The summed E-state index contributed by atoms with van der Waals surface area (Å²) in [5.41, 5.74) is 1.56. The SMILES string of the molecule is CC(c1ccncc1)N(C)C(=O)c1ccnc(Cl)c1. The maximum absolute atomic E-state index is 12.3. The van der Waals surface area contributed by atoms with Gasteiger partial charge in [0.1, 0.15) is 5.15 Å². The molecule has 2 heterocycles. The van der Waals surface area contributed by atoms with Crippen LogP contribution in [0.3, 0.4) is 0 Å². The lowest BCUT2D eigenvalue weighted by Gasteiger charge is -2.25. The van der Waals surface area contributed by atoms with E-state index in [2.05, 4.69) is 9.97 Å². The molecule has 0 aliphatic heterocycles. The summed E-state index contributed by atoms with van der Waals surface area (Å²) in [5, 5.41) is 0.316. The van der Waals surface area contributed by atoms with E-state index in [1.807, 2.05) is 19.1 Å². The Morgan fingerprint density at radius 1 is 1.26 bits per heavy atom. The van der Waals surface area contributed by atoms with Crippen LogP contribution in [-0.2, 0) is 0 Å². The predicted octanol–water partition coefficient (Wildman–Crippen LogP) is 2.96. The molecule has 0 spiro atoms. The molecule has 0 fully saturated rings. The molecule has 5 heteroatoms. The lowest BCUT2D eigenvalue weighted by atomic mass is 10.1. The number of rotatable bonds is 3. The van der Waals surface area contributed by atoms with E-state index < -0.39 is 0 Å². The van der Waals surface area contributed by atoms with Crippen LogP contribution >= 0.6 is 11.6 Å². The molecule has 2 aromatic heterocycles. The molecule has 2 rings (SSSR count). The minimum Gasteiger partial charge on any atom is -0.335 e. The summed E-state index contributed by atoms with van der Waals surface area (Å²) < 4.78 is 0. The van der Waals surface area contributed by atoms with Crippen LogP contribution in [0.15, 0.2) is 42.9 Å². The third-order valence-corrected chi connectivity index (χ3v) is 3.27. The van der Waals surface area contributed by atoms with Crippen molar-refractivity contribution >= 4 is 17.5 Å². The maximum Gasteiger partial charge on any atom is 0.254 e. The van der Waals surface area contributed by atoms with Crippen LogP contribution in [0.5, 0.6) is 0 Å². The molecule has 0 bridgehead atoms. The lowest BCUT2D eigenvalue weighted by molar-refractivity contribution is 0.0742. The van der Waals surface area contributed by atoms with Crippen molar-refractivity contribution in [3.05, 3.63) is 59.1 Å². The number of carbonyl (C=O) groups is 1. The van der Waals surface area contributed by atoms with Crippen molar-refractivity contribution in [1.29, 1.82) is 0 Å². The number of amides is 1. The summed E-state index contributed by atoms with van der Waals surface area (Å²) in [6.45, 7) is 1.97. The van der Waals surface area contributed by atoms with Crippen molar-refractivity contribution in [2.75, 3.05) is 7.05 Å². The Hall–Kier alpha value is -1.94. The fourth-order valence-electron chi connectivity index (χ4n) is 1.78. The van der Waals surface area contributed by atoms with E-state index in [4.69, 9.17) is 11.6 Å². The first-order valence-electron chi connectivity index (χ1n) is 5.88. The van der Waals surface area contributed by atoms with Gasteiger partial charge in [-0.2, -0.15) is 0 Å². The summed E-state index contributed by atoms with van der Waals surface area (Å²) in [6.07, 6.45) is 4.96. The van der Waals surface area contributed by atoms with Crippen LogP contribution in [0.25, 0.3) is 0 Å². The highest BCUT2D eigenvalue weighted by molar-refractivity contribution is 6.29. The summed E-state index contributed by atoms with van der Waals surface area (Å²) in [6, 6.07) is 6.98. The highest BCUT2D eigenvalue weighted by Gasteiger charge is 2.19. The molecular formula is C14H14ClN3O. The van der Waals surface area contributed by atoms with Crippen LogP contribution in [0.4, 0.5) is 0 Å². The van der Waals surface area contributed by atoms with Crippen LogP contribution in [0.1, 0.15) is 28.9 Å². The van der Waals surface area contributed by atoms with E-state index in [9.17, 15) is 4.79 Å². The zero-order valence-electron chi connectivity index (χ0n) is 10.7. The number of halogens is 1. The Kier molecular flexibility index (Phi) is 4.12. The van der Waals surface area contributed by atoms with Crippen LogP contribution in [0, 0.1) is 0 Å². The van der Waals surface area contributed by atoms with Gasteiger partial charge in [0.15, 0.2) is 0 Å². The predicted molar refractivity (Wildman–Crippen MR) is 74.0 cm³/mol. The van der Waals surface area contributed by atoms with Crippen LogP contribution in [0.2, 0.25) is 5.15 Å². The Morgan fingerprint density at radius 2 is 1.95 bits per heavy atom. The van der Waals surface area contributed by atoms with Gasteiger partial charge in [0.05, 0.1) is 6.04 Å². The fourth-order valence-corrected chi connectivity index (χ4v) is 1.95. The molecule has 0 aromatic carbocycles. The van der Waals surface area contributed by atoms with E-state index in [1.54, 1.807) is 36.5 Å². The Labute approximate surface area is 117 Å². The second-order valence-electron chi connectivity index (χ2n) is 4.24. The Balaban J connectivity index is 2.20. The van der Waals surface area contributed by atoms with Crippen molar-refractivity contribution in [2.24, 2.45) is 0 Å². The smallest absolute Gasteiger partial charge is 0.254 e. The van der Waals surface area contributed by atoms with Crippen molar-refractivity contribution in [3.8, 4) is 0 Å². The van der Waals surface area contributed by atoms with Crippen molar-refractivity contribution in [1.82, 2.24) is 14.9 Å². The third-order valence-electron chi connectivity index (χ3n) is 3.06. The zero-order valence-corrected chi connectivity index (χ0v) is 11.5. The molecule has 98 valence electrons. The van der Waals surface area contributed by atoms with E-state index in [1.165, 1.54) is 6.20 Å². The van der Waals surface area contributed by atoms with Crippen LogP contribution < -0.4 is 0 Å². The molecule has 4 nitrogen and oxygen atoms in total. The monoisotopic (exact) mass is 275 g/mol. The molecule has 0 radical (unpaired) electrons. The maximum atomic E-state index is 12.3. The van der Waals surface area contributed by atoms with Gasteiger partial charge >= 0.3 is 0 Å². The number of pyridine rings is 2. The Morgan fingerprint density at radius 3 is 2.58 bits per heavy atom. The summed E-state index contributed by atoms with van der Waals surface area (Å²) in [4.78, 5) is 21.8. The zero-order chi connectivity index (χ0) is 13.8. The fraction of sp³-hybridized carbons (Fsp3) is 0.214. The van der Waals surface area contributed by atoms with E-state index in [-0.39, 0.29) is 11.9 Å². The molecule has 1 atom stereocenters. The van der Waals surface area contributed by atoms with Crippen molar-refractivity contribution < 1.29 is 4.79 Å². The van der Waals surface area contributed by atoms with Gasteiger partial charge in [-0.1, -0.05) is 11.6 Å². The molecule has 2 aromatic rings. The highest BCUT2D eigenvalue weighted by Crippen LogP contribution is 2.20. The first-order valence-corrected chi connectivity index (χ1v) is 6.26. The van der Waals surface area contributed by atoms with Gasteiger partial charge in [-0.05, 0) is 36.8 Å². The number of nitrogens with zero attached hydrogens (tertiary/aromatic N) is 3. The molecule has 1 unspecified atom stereocenters. The quantitative estimate of drug-likeness (QED) is 0.809. The van der Waals surface area contributed by atoms with E-state index >= 15 is 0 Å². The number of carbonyl (C=O) groups excluding carboxylic acids is 1. The molecule has 0 N–H and O–H groups in total. The second kappa shape index (κ2) is 5.80. The van der Waals surface area contributed by atoms with Gasteiger partial charge in [-0.3, -0.25) is 9.78 Å². The van der Waals surface area contributed by atoms with Crippen molar-refractivity contribution in [2.45, 2.75) is 13.0 Å². The average Bonchev–Trinajstić information content (AvgIpc) is 2.46. The van der Waals surface area contributed by atoms with Gasteiger partial charge in [0.2, 0.25) is 0 Å². The molecule has 0 saturated carbocycles. The van der Waals surface area contributed by atoms with Gasteiger partial charge in [-0.15, -0.1) is 0 Å². The molecule has 1 amide bonds. The number of hydrogen-bond acceptors (Lipinski definition) is 3. The Bertz CT molecular complexity index is 574. The number of aromatic nitrogens is 2. The summed E-state index contributed by atoms with van der Waals surface area (Å²) in [5.74, 6) is -0.0892. The van der Waals surface area contributed by atoms with Crippen LogP contribution in [-0.4, -0.2) is 27.8 Å². The molecule has 19 heavy (non-hydrogen) atoms. The summed E-state index contributed by atoms with van der Waals surface area (Å²) in [7, 11) is 1.77. The second-order valence-corrected chi connectivity index (χ2v) is 4.63. The largest absolute Gasteiger partial charge is 0.335 e. The lowest BCUT2D eigenvalue weighted by Crippen LogP contribution is -2.29. The van der Waals surface area contributed by atoms with E-state index in [0.717, 1.165) is 5.56 Å². The summed E-state index contributed by atoms with van der Waals surface area (Å²) >= 11 is 5.80. The van der Waals surface area contributed by atoms with Gasteiger partial charge in [-0.25, -0.2) is 4.98 Å². The highest BCUT2D eigenvalue weighted by atomic mass is 35.5. The number of hydrogen-bond donors (Lipinski definition) is 0. The molecule has 0 saturated heterocycles. The topological polar surface area (TPSA) is 46.1 Å². The molecule has 0 aliphatic rings. The normalized spacial score (nSPS) is 11.9. The minimum atomic E-state index is -0.0892. The molecular weight excluding hydrogens is 262 g/mol. The van der Waals surface area contributed by atoms with Crippen molar-refractivity contribution in [3.63, 3.8) is 0 Å². The van der Waals surface area contributed by atoms with E-state index in [0.29, 0.717) is 10.7 Å². The first kappa shape index (κ1) is 13.5. The van der Waals surface area contributed by atoms with Gasteiger partial charge in [0.25, 0.3) is 5.91 Å². The van der Waals surface area contributed by atoms with Gasteiger partial charge in [0, 0.05) is 31.2 Å². The standard InChI is InChI=1S/C14H14ClN3O/c1-10(11-3-6-16-7-4-11)18(2)14(19)12-5-8-17-13(15)9-12/h3-10H,1-2H3. The average molecular weight is 276 g/mol. The molecule has 0 aliphatic carbocycles. The van der Waals surface area contributed by atoms with Gasteiger partial charge < -0.3 is 4.90 Å². The first-order chi connectivity index (χ1) is 9.09. The third kappa shape index (κ3) is 3.09.